The van der Waals surface area contributed by atoms with E-state index in [4.69, 9.17) is 9.15 Å². The van der Waals surface area contributed by atoms with E-state index >= 15 is 0 Å². The normalized spacial score (nSPS) is 16.4. The first kappa shape index (κ1) is 23.6. The second-order valence-corrected chi connectivity index (χ2v) is 9.37. The molecule has 1 fully saturated rings. The van der Waals surface area contributed by atoms with Crippen molar-refractivity contribution >= 4 is 40.9 Å². The van der Waals surface area contributed by atoms with Crippen molar-refractivity contribution in [3.8, 4) is 11.3 Å². The lowest BCUT2D eigenvalue weighted by molar-refractivity contribution is -0.136. The Morgan fingerprint density at radius 2 is 1.78 bits per heavy atom. The first-order valence-electron chi connectivity index (χ1n) is 11.3. The minimum absolute atomic E-state index is 0.193. The summed E-state index contributed by atoms with van der Waals surface area (Å²) in [5.74, 6) is -0.273. The molecular formula is C27H22N2O6S. The largest absolute Gasteiger partial charge is 0.465 e. The molecule has 8 nitrogen and oxygen atoms in total. The number of imide groups is 1. The van der Waals surface area contributed by atoms with Crippen LogP contribution < -0.4 is 0 Å². The van der Waals surface area contributed by atoms with Crippen molar-refractivity contribution in [2.75, 3.05) is 20.2 Å². The van der Waals surface area contributed by atoms with Crippen molar-refractivity contribution in [2.24, 2.45) is 0 Å². The average Bonchev–Trinajstić information content (AvgIpc) is 3.48. The molecule has 0 radical (unpaired) electrons. The number of amides is 3. The van der Waals surface area contributed by atoms with Crippen LogP contribution in [0.3, 0.4) is 0 Å². The highest BCUT2D eigenvalue weighted by molar-refractivity contribution is 8.18. The number of fused-ring (bicyclic) bond motifs is 1. The van der Waals surface area contributed by atoms with E-state index < -0.39 is 17.1 Å². The summed E-state index contributed by atoms with van der Waals surface area (Å²) >= 11 is 0.783. The molecule has 36 heavy (non-hydrogen) atoms. The molecule has 3 heterocycles. The van der Waals surface area contributed by atoms with Gasteiger partial charge in [-0.1, -0.05) is 36.4 Å². The van der Waals surface area contributed by atoms with Gasteiger partial charge in [-0.3, -0.25) is 19.3 Å². The third kappa shape index (κ3) is 4.70. The summed E-state index contributed by atoms with van der Waals surface area (Å²) in [5, 5.41) is -0.484. The van der Waals surface area contributed by atoms with Gasteiger partial charge in [-0.2, -0.15) is 0 Å². The quantitative estimate of drug-likeness (QED) is 0.378. The molecule has 3 aromatic rings. The standard InChI is InChI=1S/C27H22N2O6S/c1-34-26(32)19-8-6-18(7-9-19)22-11-10-21(35-22)14-23-25(31)29(27(33)36-23)16-24(30)28-13-12-17-4-2-3-5-20(17)15-28/h2-11,14H,12-13,15-16H2,1H3/b23-14+. The van der Waals surface area contributed by atoms with Crippen molar-refractivity contribution < 1.29 is 28.3 Å². The number of esters is 1. The molecule has 3 amide bonds. The fourth-order valence-corrected chi connectivity index (χ4v) is 5.00. The SMILES string of the molecule is COC(=O)c1ccc(-c2ccc(/C=C3/SC(=O)N(CC(=O)N4CCc5ccccc5C4)C3=O)o2)cc1. The number of carbonyl (C=O) groups excluding carboxylic acids is 4. The average molecular weight is 503 g/mol. The molecule has 0 unspecified atom stereocenters. The van der Waals surface area contributed by atoms with Crippen LogP contribution in [0, 0.1) is 0 Å². The van der Waals surface area contributed by atoms with Crippen LogP contribution in [0.25, 0.3) is 17.4 Å². The molecule has 0 bridgehead atoms. The van der Waals surface area contributed by atoms with E-state index in [1.807, 2.05) is 18.2 Å². The molecule has 0 aliphatic carbocycles. The van der Waals surface area contributed by atoms with E-state index in [-0.39, 0.29) is 17.4 Å². The molecule has 1 saturated heterocycles. The summed E-state index contributed by atoms with van der Waals surface area (Å²) in [6.07, 6.45) is 2.24. The molecule has 5 rings (SSSR count). The van der Waals surface area contributed by atoms with E-state index in [9.17, 15) is 19.2 Å². The molecule has 2 aliphatic rings. The van der Waals surface area contributed by atoms with E-state index in [1.165, 1.54) is 18.7 Å². The number of ether oxygens (including phenoxy) is 1. The van der Waals surface area contributed by atoms with Crippen molar-refractivity contribution in [2.45, 2.75) is 13.0 Å². The maximum atomic E-state index is 12.9. The number of benzene rings is 2. The first-order chi connectivity index (χ1) is 17.4. The van der Waals surface area contributed by atoms with Crippen molar-refractivity contribution in [1.82, 2.24) is 9.80 Å². The molecule has 9 heteroatoms. The number of hydrogen-bond donors (Lipinski definition) is 0. The van der Waals surface area contributed by atoms with E-state index in [2.05, 4.69) is 6.07 Å². The Bertz CT molecular complexity index is 1390. The number of furan rings is 1. The Morgan fingerprint density at radius 3 is 2.53 bits per heavy atom. The van der Waals surface area contributed by atoms with Crippen LogP contribution in [0.2, 0.25) is 0 Å². The highest BCUT2D eigenvalue weighted by Crippen LogP contribution is 2.33. The zero-order valence-electron chi connectivity index (χ0n) is 19.4. The Hall–Kier alpha value is -4.11. The summed E-state index contributed by atoms with van der Waals surface area (Å²) in [7, 11) is 1.32. The van der Waals surface area contributed by atoms with Gasteiger partial charge in [-0.05, 0) is 53.6 Å². The molecule has 0 atom stereocenters. The minimum atomic E-state index is -0.517. The van der Waals surface area contributed by atoms with Crippen LogP contribution in [0.15, 0.2) is 70.0 Å². The number of thioether (sulfide) groups is 1. The summed E-state index contributed by atoms with van der Waals surface area (Å²) in [4.78, 5) is 52.8. The molecule has 0 spiro atoms. The minimum Gasteiger partial charge on any atom is -0.465 e. The lowest BCUT2D eigenvalue weighted by Gasteiger charge is -2.29. The molecule has 2 aliphatic heterocycles. The fraction of sp³-hybridized carbons (Fsp3) is 0.185. The molecule has 0 N–H and O–H groups in total. The predicted molar refractivity (Wildman–Crippen MR) is 134 cm³/mol. The number of hydrogen-bond acceptors (Lipinski definition) is 7. The third-order valence-electron chi connectivity index (χ3n) is 6.14. The lowest BCUT2D eigenvalue weighted by Crippen LogP contribution is -2.44. The lowest BCUT2D eigenvalue weighted by atomic mass is 10.00. The number of nitrogens with zero attached hydrogens (tertiary/aromatic N) is 2. The molecular weight excluding hydrogens is 480 g/mol. The highest BCUT2D eigenvalue weighted by atomic mass is 32.2. The van der Waals surface area contributed by atoms with Crippen molar-refractivity contribution in [3.05, 3.63) is 88.0 Å². The maximum absolute atomic E-state index is 12.9. The summed E-state index contributed by atoms with van der Waals surface area (Å²) < 4.78 is 10.5. The zero-order valence-corrected chi connectivity index (χ0v) is 20.2. The van der Waals surface area contributed by atoms with Gasteiger partial charge in [0.05, 0.1) is 17.6 Å². The summed E-state index contributed by atoms with van der Waals surface area (Å²) in [6.45, 7) is 0.731. The Balaban J connectivity index is 1.25. The smallest absolute Gasteiger partial charge is 0.337 e. The van der Waals surface area contributed by atoms with E-state index in [0.29, 0.717) is 30.2 Å². The van der Waals surface area contributed by atoms with Crippen LogP contribution in [0.4, 0.5) is 4.79 Å². The number of rotatable bonds is 5. The predicted octanol–water partition coefficient (Wildman–Crippen LogP) is 4.35. The van der Waals surface area contributed by atoms with Gasteiger partial charge >= 0.3 is 5.97 Å². The van der Waals surface area contributed by atoms with Gasteiger partial charge in [0.25, 0.3) is 11.1 Å². The second-order valence-electron chi connectivity index (χ2n) is 8.37. The Kier molecular flexibility index (Phi) is 6.47. The number of carbonyl (C=O) groups is 4. The Labute approximate surface area is 211 Å². The highest BCUT2D eigenvalue weighted by Gasteiger charge is 2.37. The summed E-state index contributed by atoms with van der Waals surface area (Å²) in [5.41, 5.74) is 3.46. The molecule has 182 valence electrons. The number of methoxy groups -OCH3 is 1. The van der Waals surface area contributed by atoms with Gasteiger partial charge in [0, 0.05) is 24.7 Å². The van der Waals surface area contributed by atoms with Crippen LogP contribution in [0.5, 0.6) is 0 Å². The van der Waals surface area contributed by atoms with Gasteiger partial charge in [0.1, 0.15) is 18.1 Å². The first-order valence-corrected chi connectivity index (χ1v) is 12.1. The van der Waals surface area contributed by atoms with Crippen LogP contribution in [-0.2, 0) is 27.3 Å². The van der Waals surface area contributed by atoms with Crippen molar-refractivity contribution in [1.29, 1.82) is 0 Å². The van der Waals surface area contributed by atoms with Crippen LogP contribution in [0.1, 0.15) is 27.2 Å². The topological polar surface area (TPSA) is 97.1 Å². The molecule has 2 aromatic carbocycles. The third-order valence-corrected chi connectivity index (χ3v) is 7.05. The van der Waals surface area contributed by atoms with Gasteiger partial charge in [-0.25, -0.2) is 4.79 Å². The fourth-order valence-electron chi connectivity index (χ4n) is 4.18. The van der Waals surface area contributed by atoms with Crippen LogP contribution in [-0.4, -0.2) is 53.0 Å². The summed E-state index contributed by atoms with van der Waals surface area (Å²) in [6, 6.07) is 18.1. The van der Waals surface area contributed by atoms with Crippen molar-refractivity contribution in [3.63, 3.8) is 0 Å². The monoisotopic (exact) mass is 502 g/mol. The molecule has 0 saturated carbocycles. The van der Waals surface area contributed by atoms with Gasteiger partial charge < -0.3 is 14.1 Å². The maximum Gasteiger partial charge on any atom is 0.337 e. The van der Waals surface area contributed by atoms with Crippen LogP contribution >= 0.6 is 11.8 Å². The Morgan fingerprint density at radius 1 is 1.03 bits per heavy atom. The zero-order chi connectivity index (χ0) is 25.2. The van der Waals surface area contributed by atoms with Gasteiger partial charge in [0.2, 0.25) is 5.91 Å². The van der Waals surface area contributed by atoms with Gasteiger partial charge in [0.15, 0.2) is 0 Å². The second kappa shape index (κ2) is 9.87. The van der Waals surface area contributed by atoms with Gasteiger partial charge in [-0.15, -0.1) is 0 Å². The van der Waals surface area contributed by atoms with E-state index in [0.717, 1.165) is 34.2 Å². The van der Waals surface area contributed by atoms with E-state index in [1.54, 1.807) is 41.3 Å². The molecule has 1 aromatic heterocycles.